The third kappa shape index (κ3) is 3.45. The van der Waals surface area contributed by atoms with Crippen molar-refractivity contribution in [3.05, 3.63) is 66.4 Å². The number of aryl methyl sites for hydroxylation is 1. The lowest BCUT2D eigenvalue weighted by atomic mass is 10.2. The zero-order valence-corrected chi connectivity index (χ0v) is 14.9. The summed E-state index contributed by atoms with van der Waals surface area (Å²) >= 11 is 0. The second-order valence-electron chi connectivity index (χ2n) is 5.82. The van der Waals surface area contributed by atoms with Gasteiger partial charge in [0.1, 0.15) is 12.1 Å². The SMILES string of the molecule is COc1cccc(-n2ncc3c(N/N=C/c4ccnc(C)c4)ncnc32)c1. The first-order chi connectivity index (χ1) is 13.2. The number of nitrogens with zero attached hydrogens (tertiary/aromatic N) is 6. The number of benzene rings is 1. The summed E-state index contributed by atoms with van der Waals surface area (Å²) in [7, 11) is 1.63. The molecule has 3 aromatic heterocycles. The van der Waals surface area contributed by atoms with Crippen molar-refractivity contribution in [2.75, 3.05) is 12.5 Å². The molecule has 1 N–H and O–H groups in total. The summed E-state index contributed by atoms with van der Waals surface area (Å²) in [5.41, 5.74) is 6.38. The van der Waals surface area contributed by atoms with E-state index in [1.54, 1.807) is 30.4 Å². The highest BCUT2D eigenvalue weighted by molar-refractivity contribution is 5.88. The summed E-state index contributed by atoms with van der Waals surface area (Å²) in [5, 5.41) is 9.47. The van der Waals surface area contributed by atoms with Gasteiger partial charge in [0.25, 0.3) is 0 Å². The molecule has 0 aliphatic carbocycles. The van der Waals surface area contributed by atoms with Gasteiger partial charge >= 0.3 is 0 Å². The quantitative estimate of drug-likeness (QED) is 0.435. The molecule has 8 nitrogen and oxygen atoms in total. The van der Waals surface area contributed by atoms with E-state index in [9.17, 15) is 0 Å². The first-order valence-corrected chi connectivity index (χ1v) is 8.29. The van der Waals surface area contributed by atoms with Crippen molar-refractivity contribution in [2.24, 2.45) is 5.10 Å². The number of hydrogen-bond donors (Lipinski definition) is 1. The molecule has 3 heterocycles. The van der Waals surface area contributed by atoms with Gasteiger partial charge in [0, 0.05) is 18.0 Å². The molecule has 0 fully saturated rings. The average Bonchev–Trinajstić information content (AvgIpc) is 3.13. The Kier molecular flexibility index (Phi) is 4.44. The first kappa shape index (κ1) is 16.6. The highest BCUT2D eigenvalue weighted by Gasteiger charge is 2.11. The normalized spacial score (nSPS) is 11.2. The van der Waals surface area contributed by atoms with Crippen LogP contribution in [0.3, 0.4) is 0 Å². The Bertz CT molecular complexity index is 1120. The molecule has 27 heavy (non-hydrogen) atoms. The van der Waals surface area contributed by atoms with Crippen LogP contribution in [0.15, 0.2) is 60.2 Å². The van der Waals surface area contributed by atoms with Crippen LogP contribution in [-0.2, 0) is 0 Å². The third-order valence-corrected chi connectivity index (χ3v) is 3.97. The number of methoxy groups -OCH3 is 1. The lowest BCUT2D eigenvalue weighted by Crippen LogP contribution is -2.00. The van der Waals surface area contributed by atoms with Crippen LogP contribution in [0.1, 0.15) is 11.3 Å². The van der Waals surface area contributed by atoms with E-state index in [1.807, 2.05) is 43.3 Å². The zero-order valence-electron chi connectivity index (χ0n) is 14.9. The molecule has 4 aromatic rings. The fourth-order valence-corrected chi connectivity index (χ4v) is 2.68. The van der Waals surface area contributed by atoms with Gasteiger partial charge in [0.2, 0.25) is 0 Å². The number of anilines is 1. The van der Waals surface area contributed by atoms with Crippen molar-refractivity contribution < 1.29 is 4.74 Å². The molecule has 8 heteroatoms. The molecular weight excluding hydrogens is 342 g/mol. The Morgan fingerprint density at radius 2 is 2.07 bits per heavy atom. The van der Waals surface area contributed by atoms with Gasteiger partial charge in [-0.1, -0.05) is 6.07 Å². The van der Waals surface area contributed by atoms with Crippen LogP contribution in [0.2, 0.25) is 0 Å². The molecule has 0 unspecified atom stereocenters. The van der Waals surface area contributed by atoms with Crippen LogP contribution in [0, 0.1) is 6.92 Å². The summed E-state index contributed by atoms with van der Waals surface area (Å²) in [6.07, 6.45) is 6.66. The molecule has 4 rings (SSSR count). The molecule has 0 bridgehead atoms. The molecule has 0 aliphatic heterocycles. The number of pyridine rings is 1. The van der Waals surface area contributed by atoms with Gasteiger partial charge in [-0.3, -0.25) is 10.4 Å². The summed E-state index contributed by atoms with van der Waals surface area (Å²) < 4.78 is 7.02. The smallest absolute Gasteiger partial charge is 0.168 e. The highest BCUT2D eigenvalue weighted by Crippen LogP contribution is 2.23. The molecule has 0 amide bonds. The van der Waals surface area contributed by atoms with Crippen molar-refractivity contribution in [3.63, 3.8) is 0 Å². The average molecular weight is 359 g/mol. The van der Waals surface area contributed by atoms with E-state index in [-0.39, 0.29) is 0 Å². The van der Waals surface area contributed by atoms with Gasteiger partial charge in [-0.25, -0.2) is 14.6 Å². The predicted molar refractivity (Wildman–Crippen MR) is 103 cm³/mol. The Labute approximate surface area is 155 Å². The maximum Gasteiger partial charge on any atom is 0.168 e. The van der Waals surface area contributed by atoms with E-state index >= 15 is 0 Å². The maximum absolute atomic E-state index is 5.28. The van der Waals surface area contributed by atoms with Crippen LogP contribution in [0.4, 0.5) is 5.82 Å². The standard InChI is InChI=1S/C19H17N7O/c1-13-8-14(6-7-20-13)10-23-25-18-17-11-24-26(19(17)22-12-21-18)15-4-3-5-16(9-15)27-2/h3-12H,1-2H3,(H,21,22,25)/b23-10+. The van der Waals surface area contributed by atoms with E-state index in [2.05, 4.69) is 30.6 Å². The van der Waals surface area contributed by atoms with E-state index in [1.165, 1.54) is 6.33 Å². The second-order valence-corrected chi connectivity index (χ2v) is 5.82. The Morgan fingerprint density at radius 1 is 1.15 bits per heavy atom. The Hall–Kier alpha value is -3.81. The number of fused-ring (bicyclic) bond motifs is 1. The van der Waals surface area contributed by atoms with Gasteiger partial charge in [0.15, 0.2) is 11.5 Å². The van der Waals surface area contributed by atoms with Gasteiger partial charge in [-0.2, -0.15) is 10.2 Å². The van der Waals surface area contributed by atoms with E-state index in [0.29, 0.717) is 11.5 Å². The highest BCUT2D eigenvalue weighted by atomic mass is 16.5. The number of aromatic nitrogens is 5. The predicted octanol–water partition coefficient (Wildman–Crippen LogP) is 2.97. The summed E-state index contributed by atoms with van der Waals surface area (Å²) in [6.45, 7) is 1.94. The minimum atomic E-state index is 0.580. The van der Waals surface area contributed by atoms with Crippen molar-refractivity contribution in [3.8, 4) is 11.4 Å². The molecule has 0 atom stereocenters. The number of hydrogen-bond acceptors (Lipinski definition) is 7. The van der Waals surface area contributed by atoms with Gasteiger partial charge < -0.3 is 4.74 Å². The first-order valence-electron chi connectivity index (χ1n) is 8.29. The van der Waals surface area contributed by atoms with Crippen LogP contribution in [-0.4, -0.2) is 38.1 Å². The second kappa shape index (κ2) is 7.20. The Morgan fingerprint density at radius 3 is 2.93 bits per heavy atom. The molecule has 1 aromatic carbocycles. The number of nitrogens with one attached hydrogen (secondary N) is 1. The zero-order chi connectivity index (χ0) is 18.6. The van der Waals surface area contributed by atoms with Gasteiger partial charge in [0.05, 0.1) is 30.6 Å². The van der Waals surface area contributed by atoms with Crippen molar-refractivity contribution in [2.45, 2.75) is 6.92 Å². The topological polar surface area (TPSA) is 90.1 Å². The minimum absolute atomic E-state index is 0.580. The molecule has 0 spiro atoms. The van der Waals surface area contributed by atoms with Crippen molar-refractivity contribution in [1.29, 1.82) is 0 Å². The molecule has 134 valence electrons. The largest absolute Gasteiger partial charge is 0.497 e. The number of ether oxygens (including phenoxy) is 1. The Balaban J connectivity index is 1.64. The monoisotopic (exact) mass is 359 g/mol. The molecule has 0 radical (unpaired) electrons. The van der Waals surface area contributed by atoms with Crippen LogP contribution in [0.5, 0.6) is 5.75 Å². The van der Waals surface area contributed by atoms with Crippen LogP contribution >= 0.6 is 0 Å². The number of rotatable bonds is 5. The van der Waals surface area contributed by atoms with E-state index in [4.69, 9.17) is 4.74 Å². The summed E-state index contributed by atoms with van der Waals surface area (Å²) in [4.78, 5) is 12.8. The van der Waals surface area contributed by atoms with E-state index in [0.717, 1.165) is 28.1 Å². The molecule has 0 saturated heterocycles. The lowest BCUT2D eigenvalue weighted by Gasteiger charge is -2.06. The van der Waals surface area contributed by atoms with Crippen molar-refractivity contribution in [1.82, 2.24) is 24.7 Å². The minimum Gasteiger partial charge on any atom is -0.497 e. The van der Waals surface area contributed by atoms with E-state index < -0.39 is 0 Å². The molecule has 0 aliphatic rings. The van der Waals surface area contributed by atoms with Crippen molar-refractivity contribution >= 4 is 23.1 Å². The fourth-order valence-electron chi connectivity index (χ4n) is 2.68. The number of hydrazone groups is 1. The summed E-state index contributed by atoms with van der Waals surface area (Å²) in [5.74, 6) is 1.33. The third-order valence-electron chi connectivity index (χ3n) is 3.97. The maximum atomic E-state index is 5.28. The van der Waals surface area contributed by atoms with Gasteiger partial charge in [-0.15, -0.1) is 0 Å². The van der Waals surface area contributed by atoms with Crippen LogP contribution < -0.4 is 10.2 Å². The molecular formula is C19H17N7O. The van der Waals surface area contributed by atoms with Crippen LogP contribution in [0.25, 0.3) is 16.7 Å². The molecule has 0 saturated carbocycles. The lowest BCUT2D eigenvalue weighted by molar-refractivity contribution is 0.414. The fraction of sp³-hybridized carbons (Fsp3) is 0.105. The van der Waals surface area contributed by atoms with Gasteiger partial charge in [-0.05, 0) is 36.8 Å². The summed E-state index contributed by atoms with van der Waals surface area (Å²) in [6, 6.07) is 11.4.